The molecule has 3 aromatic rings. The van der Waals surface area contributed by atoms with E-state index in [4.69, 9.17) is 4.74 Å². The van der Waals surface area contributed by atoms with Crippen LogP contribution in [0, 0.1) is 0 Å². The van der Waals surface area contributed by atoms with Crippen molar-refractivity contribution in [3.63, 3.8) is 0 Å². The molecule has 12 heteroatoms. The molecule has 33 heavy (non-hydrogen) atoms. The summed E-state index contributed by atoms with van der Waals surface area (Å²) in [6.07, 6.45) is 5.40. The van der Waals surface area contributed by atoms with Crippen LogP contribution in [0.3, 0.4) is 0 Å². The van der Waals surface area contributed by atoms with E-state index in [-0.39, 0.29) is 24.5 Å². The van der Waals surface area contributed by atoms with E-state index in [1.165, 1.54) is 12.3 Å². The second kappa shape index (κ2) is 11.4. The van der Waals surface area contributed by atoms with Crippen molar-refractivity contribution in [2.75, 3.05) is 25.0 Å². The number of aromatic amines is 1. The third-order valence-electron chi connectivity index (χ3n) is 4.67. The Labute approximate surface area is 191 Å². The average Bonchev–Trinajstić information content (AvgIpc) is 3.33. The average molecular weight is 475 g/mol. The van der Waals surface area contributed by atoms with Gasteiger partial charge in [-0.2, -0.15) is 4.72 Å². The fraction of sp³-hybridized carbons (Fsp3) is 0.333. The molecule has 0 aliphatic carbocycles. The lowest BCUT2D eigenvalue weighted by Gasteiger charge is -2.19. The summed E-state index contributed by atoms with van der Waals surface area (Å²) in [5.41, 5.74) is 0.303. The number of aromatic nitrogens is 3. The Bertz CT molecular complexity index is 1180. The monoisotopic (exact) mass is 474 g/mol. The third kappa shape index (κ3) is 6.73. The van der Waals surface area contributed by atoms with Crippen molar-refractivity contribution in [2.24, 2.45) is 0 Å². The zero-order valence-electron chi connectivity index (χ0n) is 18.1. The number of nitrogens with one attached hydrogen (secondary N) is 4. The predicted octanol–water partition coefficient (Wildman–Crippen LogP) is 1.18. The highest BCUT2D eigenvalue weighted by molar-refractivity contribution is 7.89. The molecule has 176 valence electrons. The van der Waals surface area contributed by atoms with Crippen molar-refractivity contribution < 1.29 is 22.7 Å². The molecule has 3 rings (SSSR count). The number of rotatable bonds is 12. The van der Waals surface area contributed by atoms with Crippen molar-refractivity contribution >= 4 is 38.8 Å². The van der Waals surface area contributed by atoms with Crippen LogP contribution >= 0.6 is 0 Å². The second-order valence-corrected chi connectivity index (χ2v) is 8.72. The number of ether oxygens (including phenoxy) is 1. The Balaban J connectivity index is 1.73. The number of carbonyl (C=O) groups is 2. The summed E-state index contributed by atoms with van der Waals surface area (Å²) < 4.78 is 33.6. The second-order valence-electron chi connectivity index (χ2n) is 7.03. The normalized spacial score (nSPS) is 12.3. The van der Waals surface area contributed by atoms with Gasteiger partial charge in [0.15, 0.2) is 5.95 Å². The quantitative estimate of drug-likeness (QED) is 0.225. The van der Waals surface area contributed by atoms with Crippen LogP contribution in [0.25, 0.3) is 10.9 Å². The van der Waals surface area contributed by atoms with Gasteiger partial charge in [-0.25, -0.2) is 13.4 Å². The number of pyridine rings is 1. The van der Waals surface area contributed by atoms with Crippen molar-refractivity contribution in [1.82, 2.24) is 25.0 Å². The number of nitrogens with zero attached hydrogens (tertiary/aromatic N) is 2. The molecule has 1 amide bonds. The number of hydrogen-bond donors (Lipinski definition) is 4. The van der Waals surface area contributed by atoms with Gasteiger partial charge >= 0.3 is 5.97 Å². The number of benzene rings is 1. The van der Waals surface area contributed by atoms with Gasteiger partial charge in [0.2, 0.25) is 15.9 Å². The summed E-state index contributed by atoms with van der Waals surface area (Å²) in [6, 6.07) is 7.16. The van der Waals surface area contributed by atoms with E-state index in [9.17, 15) is 18.0 Å². The van der Waals surface area contributed by atoms with Gasteiger partial charge in [0.05, 0.1) is 12.1 Å². The van der Waals surface area contributed by atoms with Crippen molar-refractivity contribution in [3.05, 3.63) is 48.9 Å². The van der Waals surface area contributed by atoms with Gasteiger partial charge in [-0.05, 0) is 31.9 Å². The number of amides is 1. The fourth-order valence-electron chi connectivity index (χ4n) is 3.16. The number of hydrogen-bond acceptors (Lipinski definition) is 8. The Morgan fingerprint density at radius 2 is 1.97 bits per heavy atom. The van der Waals surface area contributed by atoms with Gasteiger partial charge in [-0.15, -0.1) is 0 Å². The predicted molar refractivity (Wildman–Crippen MR) is 122 cm³/mol. The topological polar surface area (TPSA) is 155 Å². The first kappa shape index (κ1) is 24.1. The van der Waals surface area contributed by atoms with E-state index in [1.54, 1.807) is 43.6 Å². The van der Waals surface area contributed by atoms with Gasteiger partial charge in [-0.3, -0.25) is 14.6 Å². The number of H-pyrrole nitrogens is 1. The maximum Gasteiger partial charge on any atom is 0.325 e. The highest BCUT2D eigenvalue weighted by Crippen LogP contribution is 2.21. The number of para-hydroxylation sites is 1. The Hall–Kier alpha value is -3.51. The van der Waals surface area contributed by atoms with Crippen molar-refractivity contribution in [3.8, 4) is 0 Å². The van der Waals surface area contributed by atoms with Crippen LogP contribution in [0.1, 0.15) is 19.8 Å². The van der Waals surface area contributed by atoms with E-state index >= 15 is 0 Å². The number of carbonyl (C=O) groups excluding carboxylic acids is 2. The molecule has 0 spiro atoms. The minimum atomic E-state index is -4.09. The molecule has 1 atom stereocenters. The van der Waals surface area contributed by atoms with E-state index in [2.05, 4.69) is 30.3 Å². The fourth-order valence-corrected chi connectivity index (χ4v) is 4.57. The molecule has 11 nitrogen and oxygen atoms in total. The lowest BCUT2D eigenvalue weighted by Crippen LogP contribution is -2.48. The Morgan fingerprint density at radius 1 is 1.15 bits per heavy atom. The highest BCUT2D eigenvalue weighted by atomic mass is 32.2. The first-order valence-corrected chi connectivity index (χ1v) is 11.9. The minimum absolute atomic E-state index is 0.0301. The highest BCUT2D eigenvalue weighted by Gasteiger charge is 2.27. The molecule has 0 fully saturated rings. The van der Waals surface area contributed by atoms with Crippen LogP contribution in [0.15, 0.2) is 53.8 Å². The van der Waals surface area contributed by atoms with Crippen LogP contribution < -0.4 is 15.4 Å². The molecule has 2 aromatic heterocycles. The Morgan fingerprint density at radius 3 is 2.73 bits per heavy atom. The first-order valence-electron chi connectivity index (χ1n) is 10.4. The van der Waals surface area contributed by atoms with Gasteiger partial charge in [0.1, 0.15) is 17.5 Å². The van der Waals surface area contributed by atoms with Crippen LogP contribution in [0.4, 0.5) is 5.95 Å². The van der Waals surface area contributed by atoms with Crippen LogP contribution in [0.5, 0.6) is 0 Å². The van der Waals surface area contributed by atoms with Crippen molar-refractivity contribution in [1.29, 1.82) is 0 Å². The smallest absolute Gasteiger partial charge is 0.325 e. The summed E-state index contributed by atoms with van der Waals surface area (Å²) >= 11 is 0. The molecular weight excluding hydrogens is 448 g/mol. The standard InChI is InChI=1S/C21H26N6O5S/c1-2-32-18(28)14-26-20(29)16(8-5-11-23-21-24-12-13-25-21)27-33(30,31)17-9-3-6-15-7-4-10-22-19(15)17/h3-4,6-7,9-10,12-13,16,27H,2,5,8,11,14H2,1H3,(H,26,29)(H2,23,24,25)/t16-/m0/s1. The minimum Gasteiger partial charge on any atom is -0.465 e. The SMILES string of the molecule is CCOC(=O)CNC(=O)[C@H](CCCNc1ncc[nH]1)NS(=O)(=O)c1cccc2cccnc12. The number of sulfonamides is 1. The molecule has 0 saturated carbocycles. The van der Waals surface area contributed by atoms with Crippen LogP contribution in [-0.4, -0.2) is 61.0 Å². The molecule has 0 radical (unpaired) electrons. The lowest BCUT2D eigenvalue weighted by molar-refractivity contribution is -0.143. The number of imidazole rings is 1. The van der Waals surface area contributed by atoms with Crippen LogP contribution in [0.2, 0.25) is 0 Å². The maximum absolute atomic E-state index is 13.2. The third-order valence-corrected chi connectivity index (χ3v) is 6.17. The summed E-state index contributed by atoms with van der Waals surface area (Å²) in [6.45, 7) is 1.93. The zero-order chi connectivity index (χ0) is 23.7. The van der Waals surface area contributed by atoms with Gasteiger partial charge < -0.3 is 20.4 Å². The first-order chi connectivity index (χ1) is 15.9. The summed E-state index contributed by atoms with van der Waals surface area (Å²) in [5, 5.41) is 6.14. The van der Waals surface area contributed by atoms with Gasteiger partial charge in [-0.1, -0.05) is 18.2 Å². The molecule has 0 aliphatic rings. The molecule has 0 aliphatic heterocycles. The molecular formula is C21H26N6O5S. The summed E-state index contributed by atoms with van der Waals surface area (Å²) in [7, 11) is -4.09. The summed E-state index contributed by atoms with van der Waals surface area (Å²) in [4.78, 5) is 35.5. The number of esters is 1. The molecule has 0 saturated heterocycles. The molecule has 0 unspecified atom stereocenters. The van der Waals surface area contributed by atoms with E-state index in [0.29, 0.717) is 29.8 Å². The van der Waals surface area contributed by atoms with Gasteiger partial charge in [0, 0.05) is 30.5 Å². The van der Waals surface area contributed by atoms with E-state index in [0.717, 1.165) is 0 Å². The summed E-state index contributed by atoms with van der Waals surface area (Å²) in [5.74, 6) is -0.663. The lowest BCUT2D eigenvalue weighted by atomic mass is 10.1. The molecule has 4 N–H and O–H groups in total. The Kier molecular flexibility index (Phi) is 8.33. The number of fused-ring (bicyclic) bond motifs is 1. The van der Waals surface area contributed by atoms with E-state index in [1.807, 2.05) is 0 Å². The van der Waals surface area contributed by atoms with Crippen molar-refractivity contribution in [2.45, 2.75) is 30.7 Å². The van der Waals surface area contributed by atoms with Crippen LogP contribution in [-0.2, 0) is 24.3 Å². The zero-order valence-corrected chi connectivity index (χ0v) is 18.9. The van der Waals surface area contributed by atoms with E-state index < -0.39 is 27.9 Å². The van der Waals surface area contributed by atoms with Gasteiger partial charge in [0.25, 0.3) is 0 Å². The molecule has 0 bridgehead atoms. The maximum atomic E-state index is 13.2. The molecule has 2 heterocycles. The largest absolute Gasteiger partial charge is 0.465 e. The molecule has 1 aromatic carbocycles. The number of anilines is 1.